The predicted octanol–water partition coefficient (Wildman–Crippen LogP) is 2.27. The Morgan fingerprint density at radius 2 is 2.18 bits per heavy atom. The smallest absolute Gasteiger partial charge is 0.0632 e. The minimum atomic E-state index is 0.0940. The molecule has 1 aromatic carbocycles. The fraction of sp³-hybridized carbons (Fsp3) is 0.538. The number of halogens is 1. The van der Waals surface area contributed by atoms with Gasteiger partial charge in [-0.1, -0.05) is 18.5 Å². The Bertz CT molecular complexity index is 357. The highest BCUT2D eigenvalue weighted by Gasteiger charge is 2.12. The highest BCUT2D eigenvalue weighted by Crippen LogP contribution is 2.24. The zero-order valence-electron chi connectivity index (χ0n) is 10.7. The van der Waals surface area contributed by atoms with Crippen molar-refractivity contribution in [3.05, 3.63) is 28.8 Å². The average molecular weight is 257 g/mol. The van der Waals surface area contributed by atoms with Crippen LogP contribution in [0, 0.1) is 0 Å². The maximum atomic E-state index is 9.20. The molecule has 1 aromatic rings. The molecule has 17 heavy (non-hydrogen) atoms. The van der Waals surface area contributed by atoms with Gasteiger partial charge >= 0.3 is 0 Å². The summed E-state index contributed by atoms with van der Waals surface area (Å²) in [6.07, 6.45) is 0. The maximum Gasteiger partial charge on any atom is 0.0632 e. The first-order valence-electron chi connectivity index (χ1n) is 5.93. The molecule has 1 unspecified atom stereocenters. The van der Waals surface area contributed by atoms with Crippen molar-refractivity contribution in [1.29, 1.82) is 0 Å². The molecule has 0 heterocycles. The van der Waals surface area contributed by atoms with Crippen LogP contribution in [0.15, 0.2) is 18.2 Å². The van der Waals surface area contributed by atoms with Crippen LogP contribution in [-0.4, -0.2) is 31.3 Å². The number of hydrogen-bond donors (Lipinski definition) is 2. The largest absolute Gasteiger partial charge is 0.394 e. The molecule has 0 saturated heterocycles. The van der Waals surface area contributed by atoms with Crippen molar-refractivity contribution < 1.29 is 5.11 Å². The normalized spacial score (nSPS) is 12.5. The van der Waals surface area contributed by atoms with Crippen LogP contribution in [0.2, 0.25) is 5.02 Å². The van der Waals surface area contributed by atoms with Gasteiger partial charge in [0, 0.05) is 30.3 Å². The molecule has 0 radical (unpaired) electrons. The first kappa shape index (κ1) is 14.3. The Morgan fingerprint density at radius 1 is 1.47 bits per heavy atom. The second-order valence-corrected chi connectivity index (χ2v) is 4.63. The molecule has 2 N–H and O–H groups in total. The van der Waals surface area contributed by atoms with Crippen LogP contribution < -0.4 is 10.2 Å². The van der Waals surface area contributed by atoms with E-state index in [1.807, 2.05) is 32.2 Å². The predicted molar refractivity (Wildman–Crippen MR) is 73.8 cm³/mol. The molecule has 1 atom stereocenters. The number of benzene rings is 1. The Labute approximate surface area is 108 Å². The van der Waals surface area contributed by atoms with Crippen molar-refractivity contribution in [2.75, 3.05) is 25.1 Å². The summed E-state index contributed by atoms with van der Waals surface area (Å²) in [5.74, 6) is 0. The van der Waals surface area contributed by atoms with Crippen molar-refractivity contribution in [2.24, 2.45) is 0 Å². The first-order chi connectivity index (χ1) is 8.10. The van der Waals surface area contributed by atoms with Crippen LogP contribution in [0.4, 0.5) is 5.69 Å². The Kier molecular flexibility index (Phi) is 5.75. The van der Waals surface area contributed by atoms with Crippen LogP contribution in [0.5, 0.6) is 0 Å². The van der Waals surface area contributed by atoms with Gasteiger partial charge in [0.15, 0.2) is 0 Å². The van der Waals surface area contributed by atoms with E-state index in [4.69, 9.17) is 11.6 Å². The number of likely N-dealkylation sites (N-methyl/N-ethyl adjacent to an activating group) is 1. The van der Waals surface area contributed by atoms with Crippen molar-refractivity contribution in [3.8, 4) is 0 Å². The van der Waals surface area contributed by atoms with Crippen molar-refractivity contribution >= 4 is 17.3 Å². The summed E-state index contributed by atoms with van der Waals surface area (Å²) in [4.78, 5) is 2.07. The van der Waals surface area contributed by atoms with E-state index in [-0.39, 0.29) is 12.6 Å². The lowest BCUT2D eigenvalue weighted by Crippen LogP contribution is -2.33. The molecule has 0 aliphatic rings. The molecule has 0 spiro atoms. The Hall–Kier alpha value is -0.770. The molecule has 96 valence electrons. The number of aliphatic hydroxyl groups excluding tert-OH is 1. The van der Waals surface area contributed by atoms with Gasteiger partial charge in [-0.2, -0.15) is 0 Å². The first-order valence-corrected chi connectivity index (χ1v) is 6.30. The van der Waals surface area contributed by atoms with E-state index in [9.17, 15) is 5.11 Å². The lowest BCUT2D eigenvalue weighted by Gasteiger charge is -2.28. The maximum absolute atomic E-state index is 9.20. The number of nitrogens with zero attached hydrogens (tertiary/aromatic N) is 1. The van der Waals surface area contributed by atoms with Crippen molar-refractivity contribution in [1.82, 2.24) is 5.32 Å². The van der Waals surface area contributed by atoms with E-state index in [2.05, 4.69) is 17.1 Å². The van der Waals surface area contributed by atoms with E-state index in [0.29, 0.717) is 0 Å². The van der Waals surface area contributed by atoms with Crippen LogP contribution in [-0.2, 0) is 6.54 Å². The molecule has 0 saturated carbocycles. The SMILES string of the molecule is CCNCc1cc(Cl)ccc1N(C)C(C)CO. The Morgan fingerprint density at radius 3 is 2.76 bits per heavy atom. The summed E-state index contributed by atoms with van der Waals surface area (Å²) >= 11 is 6.02. The van der Waals surface area contributed by atoms with E-state index in [1.54, 1.807) is 0 Å². The fourth-order valence-electron chi connectivity index (χ4n) is 1.66. The van der Waals surface area contributed by atoms with Crippen LogP contribution >= 0.6 is 11.6 Å². The number of hydrogen-bond acceptors (Lipinski definition) is 3. The van der Waals surface area contributed by atoms with Gasteiger partial charge in [0.05, 0.1) is 6.61 Å². The number of aliphatic hydroxyl groups is 1. The van der Waals surface area contributed by atoms with Crippen LogP contribution in [0.1, 0.15) is 19.4 Å². The third kappa shape index (κ3) is 3.87. The second kappa shape index (κ2) is 6.84. The number of anilines is 1. The van der Waals surface area contributed by atoms with E-state index in [1.165, 1.54) is 0 Å². The summed E-state index contributed by atoms with van der Waals surface area (Å²) in [5, 5.41) is 13.2. The Balaban J connectivity index is 2.96. The van der Waals surface area contributed by atoms with Gasteiger partial charge in [-0.3, -0.25) is 0 Å². The van der Waals surface area contributed by atoms with Gasteiger partial charge in [0.1, 0.15) is 0 Å². The standard InChI is InChI=1S/C13H21ClN2O/c1-4-15-8-11-7-12(14)5-6-13(11)16(3)10(2)9-17/h5-7,10,15,17H,4,8-9H2,1-3H3. The lowest BCUT2D eigenvalue weighted by atomic mass is 10.1. The highest BCUT2D eigenvalue weighted by atomic mass is 35.5. The van der Waals surface area contributed by atoms with Gasteiger partial charge in [-0.25, -0.2) is 0 Å². The fourth-order valence-corrected chi connectivity index (χ4v) is 1.85. The highest BCUT2D eigenvalue weighted by molar-refractivity contribution is 6.30. The summed E-state index contributed by atoms with van der Waals surface area (Å²) in [6, 6.07) is 5.95. The zero-order chi connectivity index (χ0) is 12.8. The van der Waals surface area contributed by atoms with Gasteiger partial charge in [-0.15, -0.1) is 0 Å². The number of nitrogens with one attached hydrogen (secondary N) is 1. The minimum Gasteiger partial charge on any atom is -0.394 e. The molecule has 0 aliphatic carbocycles. The molecule has 0 aliphatic heterocycles. The van der Waals surface area contributed by atoms with E-state index >= 15 is 0 Å². The van der Waals surface area contributed by atoms with Crippen LogP contribution in [0.3, 0.4) is 0 Å². The third-order valence-corrected chi connectivity index (χ3v) is 3.15. The quantitative estimate of drug-likeness (QED) is 0.820. The van der Waals surface area contributed by atoms with Crippen LogP contribution in [0.25, 0.3) is 0 Å². The van der Waals surface area contributed by atoms with Gasteiger partial charge in [0.2, 0.25) is 0 Å². The third-order valence-electron chi connectivity index (χ3n) is 2.91. The minimum absolute atomic E-state index is 0.0940. The molecular weight excluding hydrogens is 236 g/mol. The molecule has 0 aromatic heterocycles. The molecule has 0 bridgehead atoms. The average Bonchev–Trinajstić information content (AvgIpc) is 2.34. The topological polar surface area (TPSA) is 35.5 Å². The molecule has 0 fully saturated rings. The molecular formula is C13H21ClN2O. The molecule has 3 nitrogen and oxygen atoms in total. The number of rotatable bonds is 6. The molecule has 1 rings (SSSR count). The summed E-state index contributed by atoms with van der Waals surface area (Å²) in [6.45, 7) is 5.91. The summed E-state index contributed by atoms with van der Waals surface area (Å²) in [7, 11) is 1.99. The molecule has 0 amide bonds. The monoisotopic (exact) mass is 256 g/mol. The van der Waals surface area contributed by atoms with Gasteiger partial charge < -0.3 is 15.3 Å². The van der Waals surface area contributed by atoms with E-state index in [0.717, 1.165) is 29.4 Å². The van der Waals surface area contributed by atoms with Crippen molar-refractivity contribution in [2.45, 2.75) is 26.4 Å². The lowest BCUT2D eigenvalue weighted by molar-refractivity contribution is 0.270. The van der Waals surface area contributed by atoms with E-state index < -0.39 is 0 Å². The summed E-state index contributed by atoms with van der Waals surface area (Å²) < 4.78 is 0. The second-order valence-electron chi connectivity index (χ2n) is 4.20. The van der Waals surface area contributed by atoms with Gasteiger partial charge in [-0.05, 0) is 37.2 Å². The molecule has 4 heteroatoms. The summed E-state index contributed by atoms with van der Waals surface area (Å²) in [5.41, 5.74) is 2.26. The van der Waals surface area contributed by atoms with Gasteiger partial charge in [0.25, 0.3) is 0 Å². The van der Waals surface area contributed by atoms with Crippen molar-refractivity contribution in [3.63, 3.8) is 0 Å². The zero-order valence-corrected chi connectivity index (χ0v) is 11.5.